The van der Waals surface area contributed by atoms with Crippen LogP contribution in [-0.4, -0.2) is 5.11 Å². The molecule has 3 heteroatoms. The van der Waals surface area contributed by atoms with Gasteiger partial charge in [-0.2, -0.15) is 0 Å². The minimum atomic E-state index is -1.08. The standard InChI is InChI=1S/C43H50O3/c1-26-16-18-28(19-17-26)37-24-29-14-12-13-15-33(29)43(46-37)27(2)38(32-25-31(40(3,4)5)20-21-36(32)45-43)30-22-34(41(6,7)8)39(44)35(23-30)42(9,10)11/h12-25,27,38,44H,1-11H3/t27-,38+,43+/m0/s1. The summed E-state index contributed by atoms with van der Waals surface area (Å²) in [5, 5.41) is 11.7. The molecule has 2 aliphatic rings. The molecule has 0 unspecified atom stereocenters. The van der Waals surface area contributed by atoms with Crippen LogP contribution in [0.4, 0.5) is 0 Å². The van der Waals surface area contributed by atoms with Crippen molar-refractivity contribution in [1.82, 2.24) is 0 Å². The van der Waals surface area contributed by atoms with Crippen molar-refractivity contribution in [2.24, 2.45) is 5.92 Å². The average molecular weight is 615 g/mol. The van der Waals surface area contributed by atoms with Crippen LogP contribution in [0.15, 0.2) is 78.9 Å². The third kappa shape index (κ3) is 5.42. The molecule has 0 saturated carbocycles. The van der Waals surface area contributed by atoms with Gasteiger partial charge in [-0.1, -0.05) is 148 Å². The normalized spacial score (nSPS) is 21.2. The molecule has 3 nitrogen and oxygen atoms in total. The number of aromatic hydroxyl groups is 1. The molecule has 6 rings (SSSR count). The van der Waals surface area contributed by atoms with Crippen molar-refractivity contribution in [2.75, 3.05) is 0 Å². The zero-order chi connectivity index (χ0) is 33.4. The zero-order valence-corrected chi connectivity index (χ0v) is 29.5. The Kier molecular flexibility index (Phi) is 7.50. The number of phenols is 1. The van der Waals surface area contributed by atoms with Gasteiger partial charge in [-0.15, -0.1) is 0 Å². The maximum absolute atomic E-state index is 11.7. The lowest BCUT2D eigenvalue weighted by molar-refractivity contribution is -0.193. The van der Waals surface area contributed by atoms with E-state index in [1.165, 1.54) is 16.7 Å². The summed E-state index contributed by atoms with van der Waals surface area (Å²) >= 11 is 0. The summed E-state index contributed by atoms with van der Waals surface area (Å²) in [5.41, 5.74) is 9.33. The van der Waals surface area contributed by atoms with E-state index in [1.807, 2.05) is 0 Å². The minimum absolute atomic E-state index is 0.0324. The van der Waals surface area contributed by atoms with Gasteiger partial charge in [0.2, 0.25) is 0 Å². The van der Waals surface area contributed by atoms with Crippen molar-refractivity contribution in [3.63, 3.8) is 0 Å². The van der Waals surface area contributed by atoms with E-state index < -0.39 is 5.79 Å². The fourth-order valence-corrected chi connectivity index (χ4v) is 7.15. The summed E-state index contributed by atoms with van der Waals surface area (Å²) in [7, 11) is 0. The number of benzene rings is 4. The van der Waals surface area contributed by atoms with Crippen LogP contribution in [0.3, 0.4) is 0 Å². The minimum Gasteiger partial charge on any atom is -0.507 e. The van der Waals surface area contributed by atoms with Gasteiger partial charge in [0, 0.05) is 28.5 Å². The van der Waals surface area contributed by atoms with Crippen molar-refractivity contribution in [3.05, 3.63) is 129 Å². The second kappa shape index (κ2) is 10.8. The molecule has 0 aromatic heterocycles. The lowest BCUT2D eigenvalue weighted by Gasteiger charge is -2.49. The Balaban J connectivity index is 1.64. The Labute approximate surface area is 276 Å². The average Bonchev–Trinajstić information content (AvgIpc) is 2.96. The lowest BCUT2D eigenvalue weighted by Crippen LogP contribution is -2.49. The highest BCUT2D eigenvalue weighted by Crippen LogP contribution is 2.57. The first-order valence-corrected chi connectivity index (χ1v) is 16.7. The predicted octanol–water partition coefficient (Wildman–Crippen LogP) is 11.1. The highest BCUT2D eigenvalue weighted by atomic mass is 16.7. The van der Waals surface area contributed by atoms with Gasteiger partial charge in [-0.25, -0.2) is 0 Å². The Morgan fingerprint density at radius 1 is 0.696 bits per heavy atom. The molecule has 4 aromatic rings. The summed E-state index contributed by atoms with van der Waals surface area (Å²) in [5.74, 6) is 0.753. The maximum Gasteiger partial charge on any atom is 0.282 e. The first-order valence-electron chi connectivity index (χ1n) is 16.7. The molecule has 240 valence electrons. The first-order chi connectivity index (χ1) is 21.4. The Morgan fingerprint density at radius 2 is 1.30 bits per heavy atom. The molecule has 0 radical (unpaired) electrons. The second-order valence-electron chi connectivity index (χ2n) is 16.6. The Bertz CT molecular complexity index is 1790. The van der Waals surface area contributed by atoms with E-state index in [-0.39, 0.29) is 28.1 Å². The predicted molar refractivity (Wildman–Crippen MR) is 191 cm³/mol. The Morgan fingerprint density at radius 3 is 1.89 bits per heavy atom. The summed E-state index contributed by atoms with van der Waals surface area (Å²) in [6.07, 6.45) is 2.14. The van der Waals surface area contributed by atoms with Crippen molar-refractivity contribution in [3.8, 4) is 11.5 Å². The van der Waals surface area contributed by atoms with E-state index in [1.54, 1.807) is 0 Å². The molecule has 0 amide bonds. The van der Waals surface area contributed by atoms with Crippen molar-refractivity contribution in [2.45, 2.75) is 104 Å². The SMILES string of the molecule is Cc1ccc(C2=Cc3ccccc3[C@@]3(O2)Oc2ccc(C(C)(C)C)cc2[C@@H](c2cc(C(C)(C)C)c(O)c(C(C)(C)C)c2)[C@@H]3C)cc1. The van der Waals surface area contributed by atoms with Gasteiger partial charge < -0.3 is 14.6 Å². The van der Waals surface area contributed by atoms with E-state index in [9.17, 15) is 5.11 Å². The molecule has 2 aliphatic heterocycles. The van der Waals surface area contributed by atoms with Crippen LogP contribution in [-0.2, 0) is 26.8 Å². The fraction of sp³-hybridized carbons (Fsp3) is 0.395. The molecule has 1 N–H and O–H groups in total. The van der Waals surface area contributed by atoms with E-state index in [0.29, 0.717) is 5.75 Å². The van der Waals surface area contributed by atoms with Crippen LogP contribution in [0.25, 0.3) is 11.8 Å². The monoisotopic (exact) mass is 614 g/mol. The highest BCUT2D eigenvalue weighted by molar-refractivity contribution is 5.81. The van der Waals surface area contributed by atoms with Crippen LogP contribution >= 0.6 is 0 Å². The van der Waals surface area contributed by atoms with E-state index >= 15 is 0 Å². The third-order valence-corrected chi connectivity index (χ3v) is 9.90. The summed E-state index contributed by atoms with van der Waals surface area (Å²) in [4.78, 5) is 0. The number of hydrogen-bond donors (Lipinski definition) is 1. The third-order valence-electron chi connectivity index (χ3n) is 9.90. The van der Waals surface area contributed by atoms with E-state index in [4.69, 9.17) is 9.47 Å². The van der Waals surface area contributed by atoms with Gasteiger partial charge in [0.25, 0.3) is 5.79 Å². The molecule has 0 fully saturated rings. The number of rotatable bonds is 2. The molecular weight excluding hydrogens is 564 g/mol. The Hall–Kier alpha value is -3.98. The zero-order valence-electron chi connectivity index (χ0n) is 29.5. The van der Waals surface area contributed by atoms with Gasteiger partial charge >= 0.3 is 0 Å². The lowest BCUT2D eigenvalue weighted by atomic mass is 9.68. The summed E-state index contributed by atoms with van der Waals surface area (Å²) < 4.78 is 14.4. The molecule has 2 heterocycles. The summed E-state index contributed by atoms with van der Waals surface area (Å²) in [6.45, 7) is 24.2. The number of phenolic OH excluding ortho intramolecular Hbond substituents is 1. The molecule has 0 bridgehead atoms. The second-order valence-corrected chi connectivity index (χ2v) is 16.6. The molecule has 4 aromatic carbocycles. The largest absolute Gasteiger partial charge is 0.507 e. The van der Waals surface area contributed by atoms with Crippen LogP contribution in [0.1, 0.15) is 125 Å². The number of fused-ring (bicyclic) bond motifs is 3. The van der Waals surface area contributed by atoms with Crippen LogP contribution < -0.4 is 4.74 Å². The molecular formula is C43H50O3. The van der Waals surface area contributed by atoms with Crippen molar-refractivity contribution >= 4 is 11.8 Å². The maximum atomic E-state index is 11.7. The molecule has 3 atom stereocenters. The molecule has 0 saturated heterocycles. The van der Waals surface area contributed by atoms with Crippen molar-refractivity contribution in [1.29, 1.82) is 0 Å². The smallest absolute Gasteiger partial charge is 0.282 e. The molecule has 1 spiro atoms. The quantitative estimate of drug-likeness (QED) is 0.244. The van der Waals surface area contributed by atoms with Crippen LogP contribution in [0.2, 0.25) is 0 Å². The highest BCUT2D eigenvalue weighted by Gasteiger charge is 2.54. The van der Waals surface area contributed by atoms with Crippen LogP contribution in [0, 0.1) is 12.8 Å². The summed E-state index contributed by atoms with van der Waals surface area (Å²) in [6, 6.07) is 28.1. The van der Waals surface area contributed by atoms with Gasteiger partial charge in [-0.3, -0.25) is 0 Å². The molecule has 0 aliphatic carbocycles. The van der Waals surface area contributed by atoms with E-state index in [0.717, 1.165) is 44.9 Å². The van der Waals surface area contributed by atoms with Gasteiger partial charge in [0.15, 0.2) is 0 Å². The number of ether oxygens (including phenoxy) is 2. The topological polar surface area (TPSA) is 38.7 Å². The number of aryl methyl sites for hydroxylation is 1. The van der Waals surface area contributed by atoms with E-state index in [2.05, 4.69) is 161 Å². The van der Waals surface area contributed by atoms with Gasteiger partial charge in [0.1, 0.15) is 17.3 Å². The fourth-order valence-electron chi connectivity index (χ4n) is 7.15. The number of hydrogen-bond acceptors (Lipinski definition) is 3. The van der Waals surface area contributed by atoms with Gasteiger partial charge in [0.05, 0.1) is 0 Å². The van der Waals surface area contributed by atoms with Gasteiger partial charge in [-0.05, 0) is 63.1 Å². The van der Waals surface area contributed by atoms with Crippen molar-refractivity contribution < 1.29 is 14.6 Å². The molecule has 46 heavy (non-hydrogen) atoms. The first kappa shape index (κ1) is 32.0. The van der Waals surface area contributed by atoms with Crippen LogP contribution in [0.5, 0.6) is 11.5 Å².